The Kier molecular flexibility index (Phi) is 13.9. The summed E-state index contributed by atoms with van der Waals surface area (Å²) in [5.41, 5.74) is 0. The van der Waals surface area contributed by atoms with Crippen molar-refractivity contribution in [3.63, 3.8) is 0 Å². The fourth-order valence-electron chi connectivity index (χ4n) is 3.11. The van der Waals surface area contributed by atoms with Crippen molar-refractivity contribution in [1.82, 2.24) is 0 Å². The SMILES string of the molecule is CCCCCCCCC(=O)O[C@H](COC(=O)CC)CO[C@@H]1O[C@H](CO)[C@H](O)[C@H](O)[C@H]1O. The van der Waals surface area contributed by atoms with Crippen LogP contribution in [0.15, 0.2) is 0 Å². The minimum atomic E-state index is -1.58. The normalized spacial score (nSPS) is 27.0. The van der Waals surface area contributed by atoms with E-state index in [9.17, 15) is 30.0 Å². The molecule has 1 heterocycles. The van der Waals surface area contributed by atoms with Crippen LogP contribution in [0.25, 0.3) is 0 Å². The van der Waals surface area contributed by atoms with Crippen LogP contribution in [-0.4, -0.2) is 89.0 Å². The van der Waals surface area contributed by atoms with E-state index >= 15 is 0 Å². The Morgan fingerprint density at radius 3 is 2.23 bits per heavy atom. The fraction of sp³-hybridized carbons (Fsp3) is 0.905. The summed E-state index contributed by atoms with van der Waals surface area (Å²) < 4.78 is 21.1. The van der Waals surface area contributed by atoms with Crippen molar-refractivity contribution in [2.75, 3.05) is 19.8 Å². The number of carbonyl (C=O) groups excluding carboxylic acids is 2. The van der Waals surface area contributed by atoms with Gasteiger partial charge in [-0.15, -0.1) is 0 Å². The van der Waals surface area contributed by atoms with Gasteiger partial charge in [-0.05, 0) is 6.42 Å². The molecule has 0 aliphatic carbocycles. The minimum Gasteiger partial charge on any atom is -0.462 e. The molecular formula is C21H38O10. The first-order chi connectivity index (χ1) is 14.8. The van der Waals surface area contributed by atoms with E-state index in [1.165, 1.54) is 6.42 Å². The highest BCUT2D eigenvalue weighted by Crippen LogP contribution is 2.22. The lowest BCUT2D eigenvalue weighted by atomic mass is 9.99. The molecule has 31 heavy (non-hydrogen) atoms. The second-order valence-electron chi connectivity index (χ2n) is 7.70. The van der Waals surface area contributed by atoms with Gasteiger partial charge in [0, 0.05) is 12.8 Å². The van der Waals surface area contributed by atoms with Gasteiger partial charge in [0.05, 0.1) is 13.2 Å². The molecule has 1 fully saturated rings. The summed E-state index contributed by atoms with van der Waals surface area (Å²) >= 11 is 0. The second kappa shape index (κ2) is 15.5. The predicted octanol–water partition coefficient (Wildman–Crippen LogP) is 0.419. The van der Waals surface area contributed by atoms with Gasteiger partial charge in [-0.1, -0.05) is 46.0 Å². The van der Waals surface area contributed by atoms with Crippen LogP contribution in [0.2, 0.25) is 0 Å². The third kappa shape index (κ3) is 10.2. The van der Waals surface area contributed by atoms with Crippen LogP contribution >= 0.6 is 0 Å². The zero-order valence-corrected chi connectivity index (χ0v) is 18.5. The molecule has 0 amide bonds. The van der Waals surface area contributed by atoms with Crippen LogP contribution in [-0.2, 0) is 28.5 Å². The van der Waals surface area contributed by atoms with E-state index < -0.39 is 55.4 Å². The molecule has 1 saturated heterocycles. The maximum absolute atomic E-state index is 12.2. The standard InChI is InChI=1S/C21H38O10/c1-3-5-6-7-8-9-10-17(24)30-14(12-28-16(23)4-2)13-29-21-20(27)19(26)18(25)15(11-22)31-21/h14-15,18-22,25-27H,3-13H2,1-2H3/t14-,15-,18+,19+,20-,21-/m1/s1. The zero-order chi connectivity index (χ0) is 23.2. The van der Waals surface area contributed by atoms with E-state index in [-0.39, 0.29) is 26.1 Å². The third-order valence-corrected chi connectivity index (χ3v) is 5.05. The van der Waals surface area contributed by atoms with E-state index in [1.54, 1.807) is 6.92 Å². The number of rotatable bonds is 15. The van der Waals surface area contributed by atoms with Crippen LogP contribution < -0.4 is 0 Å². The van der Waals surface area contributed by atoms with Crippen molar-refractivity contribution in [3.05, 3.63) is 0 Å². The number of hydrogen-bond donors (Lipinski definition) is 4. The van der Waals surface area contributed by atoms with Gasteiger partial charge >= 0.3 is 11.9 Å². The monoisotopic (exact) mass is 450 g/mol. The number of aliphatic hydroxyl groups is 4. The Hall–Kier alpha value is -1.30. The summed E-state index contributed by atoms with van der Waals surface area (Å²) in [6.45, 7) is 2.67. The Morgan fingerprint density at radius 1 is 0.903 bits per heavy atom. The molecule has 0 spiro atoms. The lowest BCUT2D eigenvalue weighted by Crippen LogP contribution is -2.59. The van der Waals surface area contributed by atoms with Crippen molar-refractivity contribution in [2.24, 2.45) is 0 Å². The maximum Gasteiger partial charge on any atom is 0.306 e. The summed E-state index contributed by atoms with van der Waals surface area (Å²) in [5, 5.41) is 38.9. The van der Waals surface area contributed by atoms with E-state index in [0.29, 0.717) is 6.42 Å². The van der Waals surface area contributed by atoms with Gasteiger partial charge in [0.15, 0.2) is 12.4 Å². The minimum absolute atomic E-state index is 0.159. The number of carbonyl (C=O) groups is 2. The van der Waals surface area contributed by atoms with E-state index in [1.807, 2.05) is 0 Å². The molecule has 0 unspecified atom stereocenters. The number of esters is 2. The highest BCUT2D eigenvalue weighted by Gasteiger charge is 2.44. The number of ether oxygens (including phenoxy) is 4. The molecule has 0 aromatic heterocycles. The van der Waals surface area contributed by atoms with Crippen LogP contribution in [0.3, 0.4) is 0 Å². The topological polar surface area (TPSA) is 152 Å². The van der Waals surface area contributed by atoms with Crippen LogP contribution in [0.5, 0.6) is 0 Å². The van der Waals surface area contributed by atoms with E-state index in [2.05, 4.69) is 6.92 Å². The van der Waals surface area contributed by atoms with Gasteiger partial charge in [0.25, 0.3) is 0 Å². The Balaban J connectivity index is 2.54. The lowest BCUT2D eigenvalue weighted by molar-refractivity contribution is -0.305. The molecule has 1 rings (SSSR count). The van der Waals surface area contributed by atoms with Crippen molar-refractivity contribution in [2.45, 2.75) is 102 Å². The number of unbranched alkanes of at least 4 members (excludes halogenated alkanes) is 5. The highest BCUT2D eigenvalue weighted by molar-refractivity contribution is 5.70. The zero-order valence-electron chi connectivity index (χ0n) is 18.5. The lowest BCUT2D eigenvalue weighted by Gasteiger charge is -2.39. The van der Waals surface area contributed by atoms with Crippen LogP contribution in [0, 0.1) is 0 Å². The summed E-state index contributed by atoms with van der Waals surface area (Å²) in [6, 6.07) is 0. The average Bonchev–Trinajstić information content (AvgIpc) is 2.77. The van der Waals surface area contributed by atoms with Crippen molar-refractivity contribution in [3.8, 4) is 0 Å². The number of hydrogen-bond acceptors (Lipinski definition) is 10. The summed E-state index contributed by atoms with van der Waals surface area (Å²) in [5.74, 6) is -0.921. The molecular weight excluding hydrogens is 412 g/mol. The maximum atomic E-state index is 12.2. The molecule has 0 saturated carbocycles. The first-order valence-corrected chi connectivity index (χ1v) is 11.1. The van der Waals surface area contributed by atoms with Crippen LogP contribution in [0.4, 0.5) is 0 Å². The molecule has 4 N–H and O–H groups in total. The average molecular weight is 451 g/mol. The van der Waals surface area contributed by atoms with E-state index in [0.717, 1.165) is 25.7 Å². The molecule has 0 bridgehead atoms. The first kappa shape index (κ1) is 27.7. The summed E-state index contributed by atoms with van der Waals surface area (Å²) in [4.78, 5) is 23.6. The molecule has 1 aliphatic heterocycles. The Morgan fingerprint density at radius 2 is 1.58 bits per heavy atom. The van der Waals surface area contributed by atoms with Crippen molar-refractivity contribution in [1.29, 1.82) is 0 Å². The molecule has 10 nitrogen and oxygen atoms in total. The third-order valence-electron chi connectivity index (χ3n) is 5.05. The van der Waals surface area contributed by atoms with E-state index in [4.69, 9.17) is 18.9 Å². The first-order valence-electron chi connectivity index (χ1n) is 11.1. The van der Waals surface area contributed by atoms with Gasteiger partial charge in [-0.2, -0.15) is 0 Å². The number of aliphatic hydroxyl groups excluding tert-OH is 4. The van der Waals surface area contributed by atoms with Gasteiger partial charge < -0.3 is 39.4 Å². The van der Waals surface area contributed by atoms with Gasteiger partial charge in [0.1, 0.15) is 31.0 Å². The molecule has 1 aliphatic rings. The molecule has 6 atom stereocenters. The largest absolute Gasteiger partial charge is 0.462 e. The molecule has 182 valence electrons. The molecule has 10 heteroatoms. The van der Waals surface area contributed by atoms with Gasteiger partial charge in [0.2, 0.25) is 0 Å². The summed E-state index contributed by atoms with van der Waals surface area (Å²) in [7, 11) is 0. The Labute approximate surface area is 183 Å². The Bertz CT molecular complexity index is 512. The smallest absolute Gasteiger partial charge is 0.306 e. The molecule has 0 radical (unpaired) electrons. The highest BCUT2D eigenvalue weighted by atomic mass is 16.7. The predicted molar refractivity (Wildman–Crippen MR) is 109 cm³/mol. The molecule has 0 aromatic carbocycles. The van der Waals surface area contributed by atoms with Crippen molar-refractivity contribution >= 4 is 11.9 Å². The summed E-state index contributed by atoms with van der Waals surface area (Å²) in [6.07, 6.45) is -1.57. The quantitative estimate of drug-likeness (QED) is 0.204. The van der Waals surface area contributed by atoms with Gasteiger partial charge in [-0.25, -0.2) is 0 Å². The fourth-order valence-corrected chi connectivity index (χ4v) is 3.11. The van der Waals surface area contributed by atoms with Crippen LogP contribution in [0.1, 0.15) is 65.2 Å². The van der Waals surface area contributed by atoms with Gasteiger partial charge in [-0.3, -0.25) is 9.59 Å². The second-order valence-corrected chi connectivity index (χ2v) is 7.70. The van der Waals surface area contributed by atoms with Crippen molar-refractivity contribution < 1.29 is 49.0 Å². The molecule has 0 aromatic rings.